The quantitative estimate of drug-likeness (QED) is 0.636. The van der Waals surface area contributed by atoms with Gasteiger partial charge >= 0.3 is 0 Å². The number of rotatable bonds is 5. The first-order valence-electron chi connectivity index (χ1n) is 9.31. The highest BCUT2D eigenvalue weighted by molar-refractivity contribution is 6.08. The van der Waals surface area contributed by atoms with Crippen LogP contribution in [0.1, 0.15) is 29.5 Å². The number of hydrogen-bond acceptors (Lipinski definition) is 5. The van der Waals surface area contributed by atoms with Gasteiger partial charge in [0.25, 0.3) is 5.91 Å². The largest absolute Gasteiger partial charge is 0.392 e. The molecule has 0 radical (unpaired) electrons. The monoisotopic (exact) mass is 377 g/mol. The van der Waals surface area contributed by atoms with Crippen LogP contribution in [0, 0.1) is 13.8 Å². The second kappa shape index (κ2) is 6.89. The maximum atomic E-state index is 13.2. The number of amides is 1. The van der Waals surface area contributed by atoms with Crippen LogP contribution in [0.15, 0.2) is 53.1 Å². The van der Waals surface area contributed by atoms with Crippen molar-refractivity contribution >= 4 is 11.6 Å². The Balaban J connectivity index is 1.92. The minimum absolute atomic E-state index is 0.162. The van der Waals surface area contributed by atoms with Crippen molar-refractivity contribution in [2.45, 2.75) is 32.4 Å². The molecule has 0 bridgehead atoms. The van der Waals surface area contributed by atoms with E-state index in [4.69, 9.17) is 4.52 Å². The molecule has 144 valence electrons. The molecule has 4 rings (SSSR count). The third-order valence-electron chi connectivity index (χ3n) is 5.20. The fraction of sp³-hybridized carbons (Fsp3) is 0.273. The molecule has 0 saturated carbocycles. The molecule has 1 aliphatic rings. The van der Waals surface area contributed by atoms with Gasteiger partial charge in [-0.2, -0.15) is 0 Å². The summed E-state index contributed by atoms with van der Waals surface area (Å²) in [4.78, 5) is 13.2. The Hall–Kier alpha value is -2.96. The smallest absolute Gasteiger partial charge is 0.254 e. The topological polar surface area (TPSA) is 87.4 Å². The summed E-state index contributed by atoms with van der Waals surface area (Å²) < 4.78 is 5.32. The Morgan fingerprint density at radius 2 is 1.96 bits per heavy atom. The van der Waals surface area contributed by atoms with Gasteiger partial charge in [-0.05, 0) is 44.0 Å². The molecule has 0 fully saturated rings. The van der Waals surface area contributed by atoms with Gasteiger partial charge in [-0.1, -0.05) is 41.6 Å². The molecule has 6 heteroatoms. The predicted molar refractivity (Wildman–Crippen MR) is 107 cm³/mol. The number of aliphatic hydroxyl groups excluding tert-OH is 1. The van der Waals surface area contributed by atoms with Crippen molar-refractivity contribution < 1.29 is 14.4 Å². The second-order valence-corrected chi connectivity index (χ2v) is 7.26. The molecule has 3 aromatic rings. The molecule has 1 aliphatic heterocycles. The Morgan fingerprint density at radius 1 is 1.21 bits per heavy atom. The average Bonchev–Trinajstić information content (AvgIpc) is 3.16. The van der Waals surface area contributed by atoms with Crippen molar-refractivity contribution in [3.05, 3.63) is 71.1 Å². The molecule has 1 aromatic heterocycles. The summed E-state index contributed by atoms with van der Waals surface area (Å²) >= 11 is 0. The lowest BCUT2D eigenvalue weighted by Crippen LogP contribution is -2.51. The summed E-state index contributed by atoms with van der Waals surface area (Å²) in [6, 6.07) is 15.4. The molecule has 0 saturated heterocycles. The van der Waals surface area contributed by atoms with Crippen LogP contribution in [0.2, 0.25) is 0 Å². The zero-order valence-electron chi connectivity index (χ0n) is 16.1. The zero-order valence-corrected chi connectivity index (χ0v) is 16.1. The molecular weight excluding hydrogens is 354 g/mol. The minimum Gasteiger partial charge on any atom is -0.392 e. The number of fused-ring (bicyclic) bond motifs is 1. The van der Waals surface area contributed by atoms with Gasteiger partial charge in [-0.25, -0.2) is 0 Å². The number of benzene rings is 2. The van der Waals surface area contributed by atoms with E-state index < -0.39 is 11.6 Å². The van der Waals surface area contributed by atoms with Gasteiger partial charge in [0, 0.05) is 23.4 Å². The summed E-state index contributed by atoms with van der Waals surface area (Å²) in [5.74, 6) is 0.572. The van der Waals surface area contributed by atoms with Crippen LogP contribution in [0.5, 0.6) is 0 Å². The fourth-order valence-electron chi connectivity index (χ4n) is 3.91. The Labute approximate surface area is 163 Å². The van der Waals surface area contributed by atoms with Crippen molar-refractivity contribution in [2.75, 3.05) is 11.9 Å². The Morgan fingerprint density at radius 3 is 2.61 bits per heavy atom. The van der Waals surface area contributed by atoms with Crippen molar-refractivity contribution in [1.82, 2.24) is 10.5 Å². The first-order valence-corrected chi connectivity index (χ1v) is 9.31. The summed E-state index contributed by atoms with van der Waals surface area (Å²) in [7, 11) is 0. The average molecular weight is 377 g/mol. The van der Waals surface area contributed by atoms with Crippen molar-refractivity contribution in [3.8, 4) is 11.1 Å². The summed E-state index contributed by atoms with van der Waals surface area (Å²) in [6.45, 7) is 5.75. The van der Waals surface area contributed by atoms with E-state index in [1.165, 1.54) is 0 Å². The van der Waals surface area contributed by atoms with E-state index in [0.717, 1.165) is 39.4 Å². The van der Waals surface area contributed by atoms with E-state index >= 15 is 0 Å². The minimum atomic E-state index is -1.08. The first kappa shape index (κ1) is 18.4. The van der Waals surface area contributed by atoms with E-state index in [1.807, 2.05) is 62.4 Å². The van der Waals surface area contributed by atoms with Crippen LogP contribution >= 0.6 is 0 Å². The normalized spacial score (nSPS) is 19.4. The number of aliphatic hydroxyl groups is 1. The second-order valence-electron chi connectivity index (χ2n) is 7.26. The third kappa shape index (κ3) is 2.82. The van der Waals surface area contributed by atoms with Gasteiger partial charge in [0.1, 0.15) is 5.76 Å². The van der Waals surface area contributed by atoms with E-state index in [2.05, 4.69) is 15.8 Å². The van der Waals surface area contributed by atoms with Gasteiger partial charge in [-0.3, -0.25) is 10.1 Å². The number of carbonyl (C=O) groups excluding carboxylic acids is 1. The molecule has 3 N–H and O–H groups in total. The predicted octanol–water partition coefficient (Wildman–Crippen LogP) is 3.12. The number of nitrogens with zero attached hydrogens (tertiary/aromatic N) is 1. The summed E-state index contributed by atoms with van der Waals surface area (Å²) in [6.07, 6.45) is -0.594. The van der Waals surface area contributed by atoms with Gasteiger partial charge in [0.2, 0.25) is 0 Å². The molecule has 1 unspecified atom stereocenters. The highest BCUT2D eigenvalue weighted by atomic mass is 16.5. The van der Waals surface area contributed by atoms with E-state index in [1.54, 1.807) is 6.92 Å². The SMILES string of the molecule is Cc1noc(C)c1-c1ccc2c(c1)C(NC[C@H](C)O)(c1ccccc1)C(=O)N2. The Kier molecular flexibility index (Phi) is 4.53. The van der Waals surface area contributed by atoms with Crippen molar-refractivity contribution in [1.29, 1.82) is 0 Å². The van der Waals surface area contributed by atoms with Crippen LogP contribution in [-0.2, 0) is 10.3 Å². The molecule has 0 spiro atoms. The standard InChI is InChI=1S/C22H23N3O3/c1-13(26)12-23-22(17-7-5-4-6-8-17)18-11-16(9-10-19(18)24-21(22)27)20-14(2)25-28-15(20)3/h4-11,13,23,26H,12H2,1-3H3,(H,24,27)/t13-,22?/m0/s1. The van der Waals surface area contributed by atoms with Gasteiger partial charge in [-0.15, -0.1) is 0 Å². The number of carbonyl (C=O) groups is 1. The molecule has 2 heterocycles. The number of aryl methyl sites for hydroxylation is 2. The maximum Gasteiger partial charge on any atom is 0.254 e. The number of nitrogens with one attached hydrogen (secondary N) is 2. The molecule has 0 aliphatic carbocycles. The van der Waals surface area contributed by atoms with Crippen LogP contribution in [0.3, 0.4) is 0 Å². The molecular formula is C22H23N3O3. The third-order valence-corrected chi connectivity index (χ3v) is 5.20. The van der Waals surface area contributed by atoms with Gasteiger partial charge in [0.15, 0.2) is 5.54 Å². The van der Waals surface area contributed by atoms with Crippen molar-refractivity contribution in [2.24, 2.45) is 0 Å². The number of hydrogen-bond donors (Lipinski definition) is 3. The Bertz CT molecular complexity index is 1010. The van der Waals surface area contributed by atoms with Crippen molar-refractivity contribution in [3.63, 3.8) is 0 Å². The van der Waals surface area contributed by atoms with E-state index in [-0.39, 0.29) is 12.5 Å². The van der Waals surface area contributed by atoms with Gasteiger partial charge in [0.05, 0.1) is 11.8 Å². The number of anilines is 1. The number of aromatic nitrogens is 1. The molecule has 6 nitrogen and oxygen atoms in total. The molecule has 1 amide bonds. The van der Waals surface area contributed by atoms with Gasteiger partial charge < -0.3 is 14.9 Å². The lowest BCUT2D eigenvalue weighted by atomic mass is 9.82. The van der Waals surface area contributed by atoms with Crippen LogP contribution < -0.4 is 10.6 Å². The summed E-state index contributed by atoms with van der Waals surface area (Å²) in [5, 5.41) is 20.2. The van der Waals surface area contributed by atoms with Crippen LogP contribution in [-0.4, -0.2) is 28.8 Å². The van der Waals surface area contributed by atoms with E-state index in [0.29, 0.717) is 0 Å². The maximum absolute atomic E-state index is 13.2. The highest BCUT2D eigenvalue weighted by Crippen LogP contribution is 2.43. The summed E-state index contributed by atoms with van der Waals surface area (Å²) in [5.41, 5.74) is 3.98. The lowest BCUT2D eigenvalue weighted by molar-refractivity contribution is -0.120. The van der Waals surface area contributed by atoms with E-state index in [9.17, 15) is 9.90 Å². The van der Waals surface area contributed by atoms with Crippen LogP contribution in [0.4, 0.5) is 5.69 Å². The molecule has 2 aromatic carbocycles. The highest BCUT2D eigenvalue weighted by Gasteiger charge is 2.48. The van der Waals surface area contributed by atoms with Crippen LogP contribution in [0.25, 0.3) is 11.1 Å². The molecule has 2 atom stereocenters. The first-order chi connectivity index (χ1) is 13.4. The fourth-order valence-corrected chi connectivity index (χ4v) is 3.91. The molecule has 28 heavy (non-hydrogen) atoms. The lowest BCUT2D eigenvalue weighted by Gasteiger charge is -2.30. The zero-order chi connectivity index (χ0) is 19.9.